The molecule has 0 aliphatic carbocycles. The van der Waals surface area contributed by atoms with E-state index in [0.29, 0.717) is 22.5 Å². The van der Waals surface area contributed by atoms with Crippen LogP contribution < -0.4 is 15.5 Å². The summed E-state index contributed by atoms with van der Waals surface area (Å²) in [5.41, 5.74) is 3.71. The van der Waals surface area contributed by atoms with Gasteiger partial charge in [-0.25, -0.2) is 4.39 Å². The number of carbonyl (C=O) groups is 3. The van der Waals surface area contributed by atoms with Gasteiger partial charge in [-0.1, -0.05) is 30.7 Å². The van der Waals surface area contributed by atoms with Crippen LogP contribution in [-0.2, 0) is 22.3 Å². The number of alkyl halides is 3. The van der Waals surface area contributed by atoms with E-state index in [2.05, 4.69) is 53.7 Å². The molecule has 5 heterocycles. The first-order valence-electron chi connectivity index (χ1n) is 21.6. The molecule has 3 fully saturated rings. The molecule has 11 nitrogen and oxygen atoms in total. The monoisotopic (exact) mass is 842 g/mol. The molecule has 0 saturated carbocycles. The zero-order valence-corrected chi connectivity index (χ0v) is 35.1. The number of hydrogen-bond donors (Lipinski definition) is 2. The summed E-state index contributed by atoms with van der Waals surface area (Å²) in [5, 5.41) is 16.3. The van der Waals surface area contributed by atoms with Crippen LogP contribution in [0.25, 0.3) is 10.8 Å². The predicted molar refractivity (Wildman–Crippen MR) is 226 cm³/mol. The molecular formula is C46H54F4N8O3. The number of rotatable bonds is 12. The van der Waals surface area contributed by atoms with Gasteiger partial charge in [0.25, 0.3) is 5.91 Å². The average molecular weight is 843 g/mol. The first-order chi connectivity index (χ1) is 29.2. The number of imide groups is 1. The quantitative estimate of drug-likeness (QED) is 0.0851. The molecule has 0 bridgehead atoms. The highest BCUT2D eigenvalue weighted by Crippen LogP contribution is 2.38. The second kappa shape index (κ2) is 17.7. The third-order valence-electron chi connectivity index (χ3n) is 13.3. The van der Waals surface area contributed by atoms with Crippen LogP contribution in [0.2, 0.25) is 0 Å². The summed E-state index contributed by atoms with van der Waals surface area (Å²) in [7, 11) is 0. The molecule has 0 spiro atoms. The van der Waals surface area contributed by atoms with E-state index in [1.807, 2.05) is 19.9 Å². The van der Waals surface area contributed by atoms with Crippen molar-refractivity contribution in [3.8, 4) is 0 Å². The first-order valence-corrected chi connectivity index (χ1v) is 21.6. The Labute approximate surface area is 353 Å². The van der Waals surface area contributed by atoms with Gasteiger partial charge in [-0.05, 0) is 131 Å². The number of nitrogens with zero attached hydrogens (tertiary/aromatic N) is 6. The fourth-order valence-electron chi connectivity index (χ4n) is 9.76. The van der Waals surface area contributed by atoms with E-state index in [-0.39, 0.29) is 48.5 Å². The van der Waals surface area contributed by atoms with E-state index in [1.54, 1.807) is 6.07 Å². The van der Waals surface area contributed by atoms with Crippen molar-refractivity contribution < 1.29 is 31.9 Å². The Morgan fingerprint density at radius 3 is 2.28 bits per heavy atom. The summed E-state index contributed by atoms with van der Waals surface area (Å²) < 4.78 is 56.3. The van der Waals surface area contributed by atoms with Crippen molar-refractivity contribution in [2.24, 2.45) is 0 Å². The lowest BCUT2D eigenvalue weighted by Gasteiger charge is -2.36. The summed E-state index contributed by atoms with van der Waals surface area (Å²) in [6.07, 6.45) is 1.11. The Morgan fingerprint density at radius 2 is 1.57 bits per heavy atom. The number of halogens is 4. The minimum Gasteiger partial charge on any atom is -0.369 e. The summed E-state index contributed by atoms with van der Waals surface area (Å²) >= 11 is 0. The van der Waals surface area contributed by atoms with Crippen LogP contribution in [-0.4, -0.2) is 101 Å². The molecule has 324 valence electrons. The van der Waals surface area contributed by atoms with Crippen molar-refractivity contribution >= 4 is 40.0 Å². The van der Waals surface area contributed by atoms with E-state index in [4.69, 9.17) is 0 Å². The van der Waals surface area contributed by atoms with Gasteiger partial charge in [0, 0.05) is 61.2 Å². The first kappa shape index (κ1) is 42.5. The molecule has 1 aromatic heterocycles. The fourth-order valence-corrected chi connectivity index (χ4v) is 9.76. The Bertz CT molecular complexity index is 2300. The standard InChI is InChI=1S/C46H54F4N8O3/c1-28-34(8-7-9-39(28)46(48,49)50)29(2)51-43-38-25-33(10-11-35(38)30(3)53-54-43)57-22-20-56(21-23-57)17-6-4-5-16-55-18-14-31(15-19-55)36-24-32-27-58(45(61)37(32)26-40(36)47)41-12-13-42(59)52-44(41)60/h7-11,24-26,29,31,41H,4-6,12-23,27H2,1-3H3,(H,51,54)(H,52,59,60). The number of amides is 3. The van der Waals surface area contributed by atoms with Crippen molar-refractivity contribution in [1.29, 1.82) is 0 Å². The molecule has 4 aromatic rings. The van der Waals surface area contributed by atoms with Crippen molar-refractivity contribution in [3.63, 3.8) is 0 Å². The zero-order chi connectivity index (χ0) is 43.0. The molecule has 4 aliphatic heterocycles. The maximum atomic E-state index is 15.4. The van der Waals surface area contributed by atoms with Crippen LogP contribution in [0.5, 0.6) is 0 Å². The molecular weight excluding hydrogens is 789 g/mol. The highest BCUT2D eigenvalue weighted by atomic mass is 19.4. The van der Waals surface area contributed by atoms with Crippen LogP contribution in [0.4, 0.5) is 29.1 Å². The smallest absolute Gasteiger partial charge is 0.369 e. The number of anilines is 2. The molecule has 8 rings (SSSR count). The lowest BCUT2D eigenvalue weighted by molar-refractivity contribution is -0.138. The summed E-state index contributed by atoms with van der Waals surface area (Å²) in [5.74, 6) is -0.892. The van der Waals surface area contributed by atoms with Gasteiger partial charge in [-0.3, -0.25) is 24.6 Å². The lowest BCUT2D eigenvalue weighted by Crippen LogP contribution is -2.52. The zero-order valence-electron chi connectivity index (χ0n) is 35.1. The average Bonchev–Trinajstić information content (AvgIpc) is 3.55. The van der Waals surface area contributed by atoms with E-state index < -0.39 is 29.7 Å². The number of carbonyl (C=O) groups excluding carboxylic acids is 3. The molecule has 0 radical (unpaired) electrons. The van der Waals surface area contributed by atoms with Crippen molar-refractivity contribution in [1.82, 2.24) is 30.2 Å². The van der Waals surface area contributed by atoms with Gasteiger partial charge in [-0.15, -0.1) is 5.10 Å². The number of fused-ring (bicyclic) bond motifs is 2. The Hall–Kier alpha value is -5.15. The van der Waals surface area contributed by atoms with Crippen LogP contribution in [0.15, 0.2) is 48.5 Å². The van der Waals surface area contributed by atoms with Crippen LogP contribution in [0.3, 0.4) is 0 Å². The third kappa shape index (κ3) is 9.09. The van der Waals surface area contributed by atoms with Crippen LogP contribution in [0, 0.1) is 19.7 Å². The van der Waals surface area contributed by atoms with Gasteiger partial charge in [0.1, 0.15) is 11.9 Å². The number of piperidine rings is 2. The van der Waals surface area contributed by atoms with Gasteiger partial charge in [0.05, 0.1) is 17.3 Å². The predicted octanol–water partition coefficient (Wildman–Crippen LogP) is 7.51. The minimum atomic E-state index is -4.42. The largest absolute Gasteiger partial charge is 0.416 e. The van der Waals surface area contributed by atoms with Crippen molar-refractivity contribution in [3.05, 3.63) is 93.4 Å². The van der Waals surface area contributed by atoms with Gasteiger partial charge in [0.15, 0.2) is 5.82 Å². The Morgan fingerprint density at radius 1 is 0.852 bits per heavy atom. The normalized spacial score (nSPS) is 20.0. The molecule has 61 heavy (non-hydrogen) atoms. The van der Waals surface area contributed by atoms with E-state index in [1.165, 1.54) is 24.0 Å². The van der Waals surface area contributed by atoms with Gasteiger partial charge in [0.2, 0.25) is 11.8 Å². The molecule has 3 aromatic carbocycles. The maximum absolute atomic E-state index is 15.4. The van der Waals surface area contributed by atoms with Gasteiger partial charge >= 0.3 is 6.18 Å². The Balaban J connectivity index is 0.774. The van der Waals surface area contributed by atoms with Gasteiger partial charge < -0.3 is 20.0 Å². The lowest BCUT2D eigenvalue weighted by atomic mass is 9.87. The number of piperazine rings is 1. The van der Waals surface area contributed by atoms with E-state index in [9.17, 15) is 27.6 Å². The second-order valence-electron chi connectivity index (χ2n) is 17.2. The highest BCUT2D eigenvalue weighted by Gasteiger charge is 2.40. The molecule has 4 aliphatic rings. The second-order valence-corrected chi connectivity index (χ2v) is 17.2. The number of nitrogens with one attached hydrogen (secondary N) is 2. The maximum Gasteiger partial charge on any atom is 0.416 e. The number of likely N-dealkylation sites (tertiary alicyclic amines) is 1. The van der Waals surface area contributed by atoms with Crippen LogP contribution in [0.1, 0.15) is 108 Å². The SMILES string of the molecule is Cc1c(C(C)Nc2nnc(C)c3ccc(N4CCN(CCCCCN5CCC(c6cc7c(cc6F)C(=O)N(C6CCC(=O)NC6=O)C7)CC5)CC4)cc23)cccc1C(F)(F)F. The van der Waals surface area contributed by atoms with E-state index >= 15 is 4.39 Å². The Kier molecular flexibility index (Phi) is 12.3. The third-order valence-corrected chi connectivity index (χ3v) is 13.3. The van der Waals surface area contributed by atoms with Crippen molar-refractivity contribution in [2.45, 2.75) is 96.4 Å². The molecule has 15 heteroatoms. The molecule has 2 atom stereocenters. The highest BCUT2D eigenvalue weighted by molar-refractivity contribution is 6.05. The molecule has 2 unspecified atom stereocenters. The summed E-state index contributed by atoms with van der Waals surface area (Å²) in [6.45, 7) is 13.1. The van der Waals surface area contributed by atoms with Gasteiger partial charge in [-0.2, -0.15) is 18.3 Å². The van der Waals surface area contributed by atoms with E-state index in [0.717, 1.165) is 118 Å². The summed E-state index contributed by atoms with van der Waals surface area (Å²) in [4.78, 5) is 46.0. The summed E-state index contributed by atoms with van der Waals surface area (Å²) in [6, 6.07) is 12.6. The topological polar surface area (TPSA) is 114 Å². The number of aromatic nitrogens is 2. The molecule has 2 N–H and O–H groups in total. The molecule has 3 amide bonds. The van der Waals surface area contributed by atoms with Crippen molar-refractivity contribution in [2.75, 3.05) is 62.6 Å². The fraction of sp³-hybridized carbons (Fsp3) is 0.500. The number of aryl methyl sites for hydroxylation is 1. The number of unbranched alkanes of at least 4 members (excludes halogenated alkanes) is 2. The molecule has 3 saturated heterocycles. The number of benzene rings is 3. The van der Waals surface area contributed by atoms with Crippen LogP contribution >= 0.6 is 0 Å². The number of hydrogen-bond acceptors (Lipinski definition) is 9. The minimum absolute atomic E-state index is 0.0807.